The van der Waals surface area contributed by atoms with E-state index in [0.717, 1.165) is 28.0 Å². The molecule has 1 aromatic heterocycles. The van der Waals surface area contributed by atoms with Gasteiger partial charge >= 0.3 is 5.97 Å². The summed E-state index contributed by atoms with van der Waals surface area (Å²) in [5.74, 6) is -0.235. The lowest BCUT2D eigenvalue weighted by atomic mass is 9.82. The third-order valence-electron chi connectivity index (χ3n) is 3.58. The van der Waals surface area contributed by atoms with Gasteiger partial charge in [-0.25, -0.2) is 4.98 Å². The Morgan fingerprint density at radius 1 is 1.55 bits per heavy atom. The number of fused-ring (bicyclic) bond motifs is 1. The molecule has 1 fully saturated rings. The molecule has 104 valence electrons. The van der Waals surface area contributed by atoms with E-state index in [1.807, 2.05) is 12.1 Å². The zero-order valence-electron chi connectivity index (χ0n) is 10.9. The molecule has 4 nitrogen and oxygen atoms in total. The maximum Gasteiger partial charge on any atom is 0.306 e. The number of aliphatic carboxylic acids is 1. The van der Waals surface area contributed by atoms with Crippen LogP contribution >= 0.6 is 11.3 Å². The lowest BCUT2D eigenvalue weighted by Crippen LogP contribution is -2.38. The number of ether oxygens (including phenoxy) is 1. The van der Waals surface area contributed by atoms with Crippen molar-refractivity contribution in [3.8, 4) is 5.75 Å². The molecule has 0 unspecified atom stereocenters. The van der Waals surface area contributed by atoms with E-state index < -0.39 is 5.97 Å². The van der Waals surface area contributed by atoms with Crippen molar-refractivity contribution >= 4 is 27.5 Å². The van der Waals surface area contributed by atoms with E-state index in [2.05, 4.69) is 17.6 Å². The van der Waals surface area contributed by atoms with Crippen LogP contribution in [0.25, 0.3) is 10.2 Å². The number of thiazole rings is 1. The van der Waals surface area contributed by atoms with E-state index in [4.69, 9.17) is 9.84 Å². The van der Waals surface area contributed by atoms with Gasteiger partial charge in [0.25, 0.3) is 0 Å². The van der Waals surface area contributed by atoms with Crippen LogP contribution in [0.3, 0.4) is 0 Å². The van der Waals surface area contributed by atoms with Crippen molar-refractivity contribution in [2.24, 2.45) is 5.92 Å². The number of rotatable bonds is 5. The quantitative estimate of drug-likeness (QED) is 0.858. The van der Waals surface area contributed by atoms with E-state index in [0.29, 0.717) is 12.8 Å². The molecule has 1 heterocycles. The Labute approximate surface area is 120 Å². The largest absolute Gasteiger partial charge is 0.488 e. The van der Waals surface area contributed by atoms with Gasteiger partial charge < -0.3 is 9.84 Å². The van der Waals surface area contributed by atoms with Crippen LogP contribution in [0.1, 0.15) is 18.4 Å². The highest BCUT2D eigenvalue weighted by Crippen LogP contribution is 2.35. The molecule has 1 saturated carbocycles. The maximum absolute atomic E-state index is 10.8. The molecule has 1 aromatic carbocycles. The second-order valence-corrected chi connectivity index (χ2v) is 5.92. The van der Waals surface area contributed by atoms with Gasteiger partial charge in [0.05, 0.1) is 16.1 Å². The van der Waals surface area contributed by atoms with Crippen LogP contribution in [0.4, 0.5) is 0 Å². The summed E-state index contributed by atoms with van der Waals surface area (Å²) in [7, 11) is 0. The highest BCUT2D eigenvalue weighted by Gasteiger charge is 2.36. The summed E-state index contributed by atoms with van der Waals surface area (Å²) >= 11 is 1.58. The van der Waals surface area contributed by atoms with Gasteiger partial charge in [0.1, 0.15) is 17.4 Å². The van der Waals surface area contributed by atoms with E-state index >= 15 is 0 Å². The first-order chi connectivity index (χ1) is 9.67. The lowest BCUT2D eigenvalue weighted by Gasteiger charge is -2.32. The van der Waals surface area contributed by atoms with Crippen LogP contribution in [0.15, 0.2) is 30.3 Å². The summed E-state index contributed by atoms with van der Waals surface area (Å²) in [4.78, 5) is 15.1. The summed E-state index contributed by atoms with van der Waals surface area (Å²) in [5.41, 5.74) is 3.80. The summed E-state index contributed by atoms with van der Waals surface area (Å²) in [6, 6.07) is 4.08. The molecule has 20 heavy (non-hydrogen) atoms. The Bertz CT molecular complexity index is 658. The number of carboxylic acids is 1. The average molecular weight is 289 g/mol. The molecule has 0 aliphatic heterocycles. The Morgan fingerprint density at radius 3 is 3.05 bits per heavy atom. The Kier molecular flexibility index (Phi) is 3.44. The van der Waals surface area contributed by atoms with E-state index in [-0.39, 0.29) is 12.0 Å². The smallest absolute Gasteiger partial charge is 0.306 e. The van der Waals surface area contributed by atoms with Crippen LogP contribution in [0.2, 0.25) is 0 Å². The van der Waals surface area contributed by atoms with Gasteiger partial charge in [0, 0.05) is 0 Å². The van der Waals surface area contributed by atoms with Crippen molar-refractivity contribution in [2.45, 2.75) is 25.4 Å². The van der Waals surface area contributed by atoms with Crippen molar-refractivity contribution in [3.05, 3.63) is 35.9 Å². The minimum Gasteiger partial charge on any atom is -0.488 e. The predicted octanol–water partition coefficient (Wildman–Crippen LogP) is 3.27. The van der Waals surface area contributed by atoms with Gasteiger partial charge in [0.2, 0.25) is 0 Å². The van der Waals surface area contributed by atoms with Gasteiger partial charge in [-0.15, -0.1) is 17.9 Å². The fourth-order valence-electron chi connectivity index (χ4n) is 2.41. The summed E-state index contributed by atoms with van der Waals surface area (Å²) < 4.78 is 7.03. The fraction of sp³-hybridized carbons (Fsp3) is 0.333. The number of hydrogen-bond donors (Lipinski definition) is 1. The molecule has 1 aliphatic carbocycles. The monoisotopic (exact) mass is 289 g/mol. The molecular weight excluding hydrogens is 274 g/mol. The average Bonchev–Trinajstić information content (AvgIpc) is 2.81. The van der Waals surface area contributed by atoms with Crippen molar-refractivity contribution in [1.82, 2.24) is 4.98 Å². The Hall–Kier alpha value is -1.88. The minimum absolute atomic E-state index is 0.0139. The molecule has 0 bridgehead atoms. The second-order valence-electron chi connectivity index (χ2n) is 5.03. The molecule has 2 aromatic rings. The third kappa shape index (κ3) is 2.41. The first-order valence-corrected chi connectivity index (χ1v) is 7.42. The van der Waals surface area contributed by atoms with Crippen molar-refractivity contribution in [2.75, 3.05) is 0 Å². The fourth-order valence-corrected chi connectivity index (χ4v) is 3.16. The van der Waals surface area contributed by atoms with Gasteiger partial charge in [0.15, 0.2) is 0 Å². The number of nitrogens with zero attached hydrogens (tertiary/aromatic N) is 1. The number of benzene rings is 1. The molecule has 1 aliphatic rings. The molecule has 3 rings (SSSR count). The number of aromatic nitrogens is 1. The molecule has 0 radical (unpaired) electrons. The Balaban J connectivity index is 1.81. The van der Waals surface area contributed by atoms with Crippen LogP contribution in [0, 0.1) is 5.92 Å². The van der Waals surface area contributed by atoms with E-state index in [1.54, 1.807) is 16.8 Å². The third-order valence-corrected chi connectivity index (χ3v) is 4.35. The normalized spacial score (nSPS) is 21.4. The van der Waals surface area contributed by atoms with E-state index in [9.17, 15) is 4.79 Å². The topological polar surface area (TPSA) is 59.4 Å². The highest BCUT2D eigenvalue weighted by atomic mass is 32.1. The SMILES string of the molecule is C=CCc1cc(O[C@H]2C[C@H](C(=O)O)C2)c2ncsc2c1. The van der Waals surface area contributed by atoms with Crippen LogP contribution < -0.4 is 4.74 Å². The maximum atomic E-state index is 10.8. The number of hydrogen-bond acceptors (Lipinski definition) is 4. The Morgan fingerprint density at radius 2 is 2.35 bits per heavy atom. The van der Waals surface area contributed by atoms with Gasteiger partial charge in [-0.05, 0) is 37.0 Å². The molecule has 1 N–H and O–H groups in total. The predicted molar refractivity (Wildman–Crippen MR) is 78.3 cm³/mol. The zero-order chi connectivity index (χ0) is 14.1. The van der Waals surface area contributed by atoms with Crippen molar-refractivity contribution < 1.29 is 14.6 Å². The number of allylic oxidation sites excluding steroid dienone is 1. The molecule has 0 spiro atoms. The van der Waals surface area contributed by atoms with Gasteiger partial charge in [-0.3, -0.25) is 4.79 Å². The lowest BCUT2D eigenvalue weighted by molar-refractivity contribution is -0.147. The molecule has 5 heteroatoms. The molecule has 0 amide bonds. The standard InChI is InChI=1S/C15H15NO3S/c1-2-3-9-4-12(14-13(5-9)20-8-16-14)19-11-6-10(7-11)15(17)18/h2,4-5,8,10-11H,1,3,6-7H2,(H,17,18)/t10-,11-. The van der Waals surface area contributed by atoms with Crippen LogP contribution in [0.5, 0.6) is 5.75 Å². The number of carbonyl (C=O) groups is 1. The van der Waals surface area contributed by atoms with Gasteiger partial charge in [-0.1, -0.05) is 6.08 Å². The van der Waals surface area contributed by atoms with Gasteiger partial charge in [-0.2, -0.15) is 0 Å². The molecule has 0 atom stereocenters. The molecule has 0 saturated heterocycles. The first kappa shape index (κ1) is 13.1. The zero-order valence-corrected chi connectivity index (χ0v) is 11.7. The summed E-state index contributed by atoms with van der Waals surface area (Å²) in [5, 5.41) is 8.89. The van der Waals surface area contributed by atoms with Crippen molar-refractivity contribution in [3.63, 3.8) is 0 Å². The summed E-state index contributed by atoms with van der Waals surface area (Å²) in [6.45, 7) is 3.75. The van der Waals surface area contributed by atoms with E-state index in [1.165, 1.54) is 0 Å². The van der Waals surface area contributed by atoms with Crippen molar-refractivity contribution in [1.29, 1.82) is 0 Å². The first-order valence-electron chi connectivity index (χ1n) is 6.54. The second kappa shape index (κ2) is 5.25. The summed E-state index contributed by atoms with van der Waals surface area (Å²) in [6.07, 6.45) is 3.78. The highest BCUT2D eigenvalue weighted by molar-refractivity contribution is 7.16. The number of carboxylic acid groups (broad SMARTS) is 1. The minimum atomic E-state index is -0.732. The van der Waals surface area contributed by atoms with Crippen LogP contribution in [-0.2, 0) is 11.2 Å². The molecular formula is C15H15NO3S. The van der Waals surface area contributed by atoms with Crippen LogP contribution in [-0.4, -0.2) is 22.2 Å².